The number of carbonyl (C=O) groups is 2. The van der Waals surface area contributed by atoms with Crippen molar-refractivity contribution in [1.29, 1.82) is 0 Å². The van der Waals surface area contributed by atoms with Crippen LogP contribution in [0.15, 0.2) is 4.52 Å². The van der Waals surface area contributed by atoms with Crippen molar-refractivity contribution in [3.8, 4) is 0 Å². The summed E-state index contributed by atoms with van der Waals surface area (Å²) in [6.45, 7) is 8.66. The molecule has 4 rings (SSSR count). The Morgan fingerprint density at radius 1 is 1.06 bits per heavy atom. The van der Waals surface area contributed by atoms with Crippen molar-refractivity contribution in [2.45, 2.75) is 77.3 Å². The van der Waals surface area contributed by atoms with Crippen LogP contribution in [0.5, 0.6) is 0 Å². The molecule has 32 heavy (non-hydrogen) atoms. The molecule has 2 saturated heterocycles. The summed E-state index contributed by atoms with van der Waals surface area (Å²) < 4.78 is 10.8. The van der Waals surface area contributed by atoms with Gasteiger partial charge in [0, 0.05) is 69.4 Å². The molecule has 2 amide bonds. The van der Waals surface area contributed by atoms with Gasteiger partial charge in [0.1, 0.15) is 5.76 Å². The van der Waals surface area contributed by atoms with Crippen molar-refractivity contribution < 1.29 is 18.8 Å². The number of hydrogen-bond acceptors (Lipinski definition) is 6. The van der Waals surface area contributed by atoms with Gasteiger partial charge in [-0.25, -0.2) is 0 Å². The highest BCUT2D eigenvalue weighted by Gasteiger charge is 2.37. The molecule has 8 heteroatoms. The van der Waals surface area contributed by atoms with Crippen LogP contribution in [0.4, 0.5) is 0 Å². The molecular weight excluding hydrogens is 408 g/mol. The van der Waals surface area contributed by atoms with Crippen LogP contribution < -0.4 is 5.32 Å². The number of piperidine rings is 1. The Balaban J connectivity index is 1.25. The van der Waals surface area contributed by atoms with Crippen LogP contribution in [0.2, 0.25) is 0 Å². The molecule has 1 aromatic heterocycles. The summed E-state index contributed by atoms with van der Waals surface area (Å²) in [4.78, 5) is 29.5. The smallest absolute Gasteiger partial charge is 0.225 e. The maximum atomic E-state index is 12.4. The van der Waals surface area contributed by atoms with Crippen molar-refractivity contribution in [2.75, 3.05) is 39.4 Å². The normalized spacial score (nSPS) is 20.7. The van der Waals surface area contributed by atoms with Crippen molar-refractivity contribution >= 4 is 11.8 Å². The lowest BCUT2D eigenvalue weighted by Crippen LogP contribution is -2.53. The monoisotopic (exact) mass is 446 g/mol. The minimum Gasteiger partial charge on any atom is -0.381 e. The predicted molar refractivity (Wildman–Crippen MR) is 120 cm³/mol. The number of carbonyl (C=O) groups excluding carboxylic acids is 2. The first-order valence-electron chi connectivity index (χ1n) is 12.3. The van der Waals surface area contributed by atoms with E-state index < -0.39 is 0 Å². The van der Waals surface area contributed by atoms with Crippen LogP contribution in [0.1, 0.15) is 62.0 Å². The number of hydrogen-bond donors (Lipinski definition) is 1. The van der Waals surface area contributed by atoms with E-state index in [1.54, 1.807) is 0 Å². The lowest BCUT2D eigenvalue weighted by Gasteiger charge is -2.43. The SMILES string of the molecule is Cc1noc(C)c1CCC(=O)NCCN(C1CCOCC1)C1CCN(C(=O)C2CC2)CC1. The van der Waals surface area contributed by atoms with Gasteiger partial charge in [-0.2, -0.15) is 0 Å². The third kappa shape index (κ3) is 5.90. The van der Waals surface area contributed by atoms with Crippen LogP contribution in [0.3, 0.4) is 0 Å². The molecule has 0 aromatic carbocycles. The molecule has 0 unspecified atom stereocenters. The zero-order valence-electron chi connectivity index (χ0n) is 19.6. The van der Waals surface area contributed by atoms with E-state index in [-0.39, 0.29) is 5.91 Å². The van der Waals surface area contributed by atoms with Crippen molar-refractivity contribution in [3.63, 3.8) is 0 Å². The Morgan fingerprint density at radius 3 is 2.38 bits per heavy atom. The molecule has 8 nitrogen and oxygen atoms in total. The standard InChI is InChI=1S/C24H38N4O4/c1-17-22(18(2)32-26-17)5-6-23(29)25-11-14-28(21-9-15-31-16-10-21)20-7-12-27(13-8-20)24(30)19-3-4-19/h19-21H,3-16H2,1-2H3,(H,25,29). The third-order valence-electron chi connectivity index (χ3n) is 7.31. The highest BCUT2D eigenvalue weighted by atomic mass is 16.5. The number of rotatable bonds is 9. The number of likely N-dealkylation sites (tertiary alicyclic amines) is 1. The van der Waals surface area contributed by atoms with Gasteiger partial charge in [-0.15, -0.1) is 0 Å². The minimum absolute atomic E-state index is 0.0711. The second-order valence-corrected chi connectivity index (χ2v) is 9.56. The van der Waals surface area contributed by atoms with Crippen LogP contribution in [-0.2, 0) is 20.7 Å². The molecule has 1 saturated carbocycles. The third-order valence-corrected chi connectivity index (χ3v) is 7.31. The topological polar surface area (TPSA) is 87.9 Å². The van der Waals surface area contributed by atoms with E-state index in [0.717, 1.165) is 88.4 Å². The van der Waals surface area contributed by atoms with Crippen molar-refractivity contribution in [3.05, 3.63) is 17.0 Å². The number of nitrogens with one attached hydrogen (secondary N) is 1. The van der Waals surface area contributed by atoms with Gasteiger partial charge in [-0.3, -0.25) is 14.5 Å². The maximum Gasteiger partial charge on any atom is 0.225 e. The Hall–Kier alpha value is -1.93. The van der Waals surface area contributed by atoms with E-state index in [1.807, 2.05) is 13.8 Å². The molecule has 1 N–H and O–H groups in total. The Bertz CT molecular complexity index is 757. The number of amides is 2. The van der Waals surface area contributed by atoms with Gasteiger partial charge in [0.15, 0.2) is 0 Å². The van der Waals surface area contributed by atoms with Crippen molar-refractivity contribution in [1.82, 2.24) is 20.3 Å². The molecule has 3 heterocycles. The first kappa shape index (κ1) is 23.2. The summed E-state index contributed by atoms with van der Waals surface area (Å²) in [5.41, 5.74) is 1.91. The van der Waals surface area contributed by atoms with Crippen LogP contribution in [0, 0.1) is 19.8 Å². The molecule has 2 aliphatic heterocycles. The van der Waals surface area contributed by atoms with E-state index in [9.17, 15) is 9.59 Å². The average molecular weight is 447 g/mol. The Morgan fingerprint density at radius 2 is 1.75 bits per heavy atom. The number of nitrogens with zero attached hydrogens (tertiary/aromatic N) is 3. The summed E-state index contributed by atoms with van der Waals surface area (Å²) in [5.74, 6) is 1.54. The summed E-state index contributed by atoms with van der Waals surface area (Å²) in [6, 6.07) is 0.971. The minimum atomic E-state index is 0.0711. The largest absolute Gasteiger partial charge is 0.381 e. The molecule has 0 atom stereocenters. The first-order valence-corrected chi connectivity index (χ1v) is 12.3. The maximum absolute atomic E-state index is 12.4. The highest BCUT2D eigenvalue weighted by molar-refractivity contribution is 5.81. The predicted octanol–water partition coefficient (Wildman–Crippen LogP) is 2.22. The molecule has 178 valence electrons. The molecule has 0 bridgehead atoms. The number of aromatic nitrogens is 1. The van der Waals surface area contributed by atoms with Gasteiger partial charge < -0.3 is 19.5 Å². The lowest BCUT2D eigenvalue weighted by atomic mass is 9.97. The molecule has 1 aromatic rings. The first-order chi connectivity index (χ1) is 15.5. The summed E-state index contributed by atoms with van der Waals surface area (Å²) in [7, 11) is 0. The molecular formula is C24H38N4O4. The van der Waals surface area contributed by atoms with Gasteiger partial charge in [0.05, 0.1) is 5.69 Å². The average Bonchev–Trinajstić information content (AvgIpc) is 3.61. The van der Waals surface area contributed by atoms with Crippen LogP contribution in [0.25, 0.3) is 0 Å². The van der Waals surface area contributed by atoms with Crippen LogP contribution >= 0.6 is 0 Å². The molecule has 3 fully saturated rings. The van der Waals surface area contributed by atoms with E-state index in [2.05, 4.69) is 20.3 Å². The zero-order chi connectivity index (χ0) is 22.5. The number of aryl methyl sites for hydroxylation is 2. The zero-order valence-corrected chi connectivity index (χ0v) is 19.6. The van der Waals surface area contributed by atoms with E-state index in [0.29, 0.717) is 43.3 Å². The fraction of sp³-hybridized carbons (Fsp3) is 0.792. The van der Waals surface area contributed by atoms with Gasteiger partial charge in [-0.1, -0.05) is 5.16 Å². The van der Waals surface area contributed by atoms with Gasteiger partial charge in [0.25, 0.3) is 0 Å². The second kappa shape index (κ2) is 10.8. The molecule has 0 radical (unpaired) electrons. The molecule has 1 aliphatic carbocycles. The second-order valence-electron chi connectivity index (χ2n) is 9.56. The molecule has 0 spiro atoms. The molecule has 3 aliphatic rings. The lowest BCUT2D eigenvalue weighted by molar-refractivity contribution is -0.134. The van der Waals surface area contributed by atoms with Crippen LogP contribution in [-0.4, -0.2) is 78.2 Å². The van der Waals surface area contributed by atoms with Crippen molar-refractivity contribution in [2.24, 2.45) is 5.92 Å². The summed E-state index contributed by atoms with van der Waals surface area (Å²) >= 11 is 0. The Kier molecular flexibility index (Phi) is 7.84. The van der Waals surface area contributed by atoms with E-state index >= 15 is 0 Å². The van der Waals surface area contributed by atoms with E-state index in [4.69, 9.17) is 9.26 Å². The Labute approximate surface area is 191 Å². The summed E-state index contributed by atoms with van der Waals surface area (Å²) in [5, 5.41) is 7.08. The highest BCUT2D eigenvalue weighted by Crippen LogP contribution is 2.32. The quantitative estimate of drug-likeness (QED) is 0.626. The fourth-order valence-corrected chi connectivity index (χ4v) is 5.20. The fourth-order valence-electron chi connectivity index (χ4n) is 5.20. The number of ether oxygens (including phenoxy) is 1. The van der Waals surface area contributed by atoms with Gasteiger partial charge >= 0.3 is 0 Å². The van der Waals surface area contributed by atoms with Gasteiger partial charge in [-0.05, 0) is 58.8 Å². The van der Waals surface area contributed by atoms with Gasteiger partial charge in [0.2, 0.25) is 11.8 Å². The summed E-state index contributed by atoms with van der Waals surface area (Å²) in [6.07, 6.45) is 7.38. The van der Waals surface area contributed by atoms with E-state index in [1.165, 1.54) is 0 Å².